The number of aromatic nitrogens is 2. The van der Waals surface area contributed by atoms with Gasteiger partial charge in [0.15, 0.2) is 0 Å². The molecule has 0 bridgehead atoms. The van der Waals surface area contributed by atoms with Gasteiger partial charge in [-0.1, -0.05) is 47.6 Å². The van der Waals surface area contributed by atoms with Gasteiger partial charge in [-0.25, -0.2) is 9.37 Å². The van der Waals surface area contributed by atoms with Crippen LogP contribution in [0.25, 0.3) is 33.6 Å². The Morgan fingerprint density at radius 2 is 1.74 bits per heavy atom. The summed E-state index contributed by atoms with van der Waals surface area (Å²) in [6.45, 7) is 0. The van der Waals surface area contributed by atoms with Crippen LogP contribution in [0.3, 0.4) is 0 Å². The lowest BCUT2D eigenvalue weighted by Crippen LogP contribution is -2.22. The quantitative estimate of drug-likeness (QED) is 0.543. The highest BCUT2D eigenvalue weighted by molar-refractivity contribution is 6.10. The fourth-order valence-corrected chi connectivity index (χ4v) is 2.96. The molecule has 0 fully saturated rings. The summed E-state index contributed by atoms with van der Waals surface area (Å²) in [5.41, 5.74) is 2.52. The smallest absolute Gasteiger partial charge is 0.259 e. The van der Waals surface area contributed by atoms with Gasteiger partial charge in [0.25, 0.3) is 11.6 Å². The molecule has 0 atom stereocenters. The summed E-state index contributed by atoms with van der Waals surface area (Å²) in [5.74, 6) is -0.657. The summed E-state index contributed by atoms with van der Waals surface area (Å²) in [7, 11) is 3.32. The summed E-state index contributed by atoms with van der Waals surface area (Å²) >= 11 is 0. The molecule has 5 nitrogen and oxygen atoms in total. The standard InChI is InChI=1S/C21H16FN3O2/c1-25(2)21(26)15-12-17(14-10-6-7-11-16(14)22)23-20-18(15)19(24-27-20)13-8-4-3-5-9-13/h3-12H,1-2H3. The van der Waals surface area contributed by atoms with Gasteiger partial charge in [-0.3, -0.25) is 4.79 Å². The minimum Gasteiger partial charge on any atom is -0.345 e. The average Bonchev–Trinajstić information content (AvgIpc) is 3.11. The monoisotopic (exact) mass is 361 g/mol. The van der Waals surface area contributed by atoms with Crippen LogP contribution in [0.4, 0.5) is 4.39 Å². The maximum absolute atomic E-state index is 14.3. The van der Waals surface area contributed by atoms with E-state index >= 15 is 0 Å². The average molecular weight is 361 g/mol. The normalized spacial score (nSPS) is 10.9. The van der Waals surface area contributed by atoms with E-state index in [9.17, 15) is 9.18 Å². The van der Waals surface area contributed by atoms with E-state index in [0.29, 0.717) is 27.9 Å². The van der Waals surface area contributed by atoms with Gasteiger partial charge in [0.2, 0.25) is 0 Å². The molecule has 4 rings (SSSR count). The molecule has 134 valence electrons. The minimum absolute atomic E-state index is 0.194. The van der Waals surface area contributed by atoms with Gasteiger partial charge < -0.3 is 9.42 Å². The Labute approximate surface area is 155 Å². The van der Waals surface area contributed by atoms with Crippen molar-refractivity contribution < 1.29 is 13.7 Å². The summed E-state index contributed by atoms with van der Waals surface area (Å²) in [5, 5.41) is 4.64. The predicted molar refractivity (Wildman–Crippen MR) is 101 cm³/mol. The highest BCUT2D eigenvalue weighted by atomic mass is 19.1. The second kappa shape index (κ2) is 6.64. The first-order valence-electron chi connectivity index (χ1n) is 8.38. The topological polar surface area (TPSA) is 59.2 Å². The Hall–Kier alpha value is -3.54. The number of benzene rings is 2. The van der Waals surface area contributed by atoms with Crippen molar-refractivity contribution in [1.82, 2.24) is 15.0 Å². The Bertz CT molecular complexity index is 1140. The zero-order valence-electron chi connectivity index (χ0n) is 14.8. The maximum atomic E-state index is 14.3. The second-order valence-corrected chi connectivity index (χ2v) is 6.31. The van der Waals surface area contributed by atoms with Crippen LogP contribution in [-0.2, 0) is 0 Å². The van der Waals surface area contributed by atoms with E-state index in [1.54, 1.807) is 38.4 Å². The summed E-state index contributed by atoms with van der Waals surface area (Å²) in [6, 6.07) is 17.3. The Balaban J connectivity index is 2.02. The molecule has 1 amide bonds. The van der Waals surface area contributed by atoms with Crippen molar-refractivity contribution in [3.8, 4) is 22.5 Å². The van der Waals surface area contributed by atoms with E-state index in [1.807, 2.05) is 30.3 Å². The number of fused-ring (bicyclic) bond motifs is 1. The lowest BCUT2D eigenvalue weighted by atomic mass is 10.0. The molecule has 0 unspecified atom stereocenters. The van der Waals surface area contributed by atoms with Crippen molar-refractivity contribution in [3.63, 3.8) is 0 Å². The van der Waals surface area contributed by atoms with Gasteiger partial charge in [-0.2, -0.15) is 0 Å². The van der Waals surface area contributed by atoms with Crippen LogP contribution in [0.2, 0.25) is 0 Å². The molecule has 2 heterocycles. The Morgan fingerprint density at radius 3 is 2.44 bits per heavy atom. The first-order chi connectivity index (χ1) is 13.1. The number of carbonyl (C=O) groups is 1. The third-order valence-electron chi connectivity index (χ3n) is 4.28. The van der Waals surface area contributed by atoms with E-state index in [2.05, 4.69) is 10.1 Å². The molecule has 0 aliphatic rings. The van der Waals surface area contributed by atoms with Gasteiger partial charge in [-0.05, 0) is 18.2 Å². The molecule has 2 aromatic heterocycles. The number of rotatable bonds is 3. The molecule has 0 saturated carbocycles. The Kier molecular flexibility index (Phi) is 4.16. The van der Waals surface area contributed by atoms with E-state index < -0.39 is 5.82 Å². The van der Waals surface area contributed by atoms with Gasteiger partial charge in [0, 0.05) is 25.2 Å². The third-order valence-corrected chi connectivity index (χ3v) is 4.28. The first-order valence-corrected chi connectivity index (χ1v) is 8.38. The molecular weight excluding hydrogens is 345 g/mol. The SMILES string of the molecule is CN(C)C(=O)c1cc(-c2ccccc2F)nc2onc(-c3ccccc3)c12. The number of carbonyl (C=O) groups excluding carboxylic acids is 1. The molecule has 4 aromatic rings. The number of nitrogens with zero attached hydrogens (tertiary/aromatic N) is 3. The highest BCUT2D eigenvalue weighted by Gasteiger charge is 2.23. The Morgan fingerprint density at radius 1 is 1.04 bits per heavy atom. The van der Waals surface area contributed by atoms with Crippen molar-refractivity contribution in [1.29, 1.82) is 0 Å². The van der Waals surface area contributed by atoms with E-state index in [-0.39, 0.29) is 11.6 Å². The summed E-state index contributed by atoms with van der Waals surface area (Å²) < 4.78 is 19.7. The van der Waals surface area contributed by atoms with Gasteiger partial charge in [-0.15, -0.1) is 0 Å². The molecule has 0 saturated heterocycles. The van der Waals surface area contributed by atoms with Crippen molar-refractivity contribution >= 4 is 17.0 Å². The van der Waals surface area contributed by atoms with Crippen LogP contribution in [0.1, 0.15) is 10.4 Å². The lowest BCUT2D eigenvalue weighted by molar-refractivity contribution is 0.0829. The van der Waals surface area contributed by atoms with Crippen molar-refractivity contribution in [3.05, 3.63) is 72.0 Å². The molecule has 0 aliphatic carbocycles. The maximum Gasteiger partial charge on any atom is 0.259 e. The fraction of sp³-hybridized carbons (Fsp3) is 0.0952. The number of halogens is 1. The van der Waals surface area contributed by atoms with Gasteiger partial charge >= 0.3 is 0 Å². The zero-order chi connectivity index (χ0) is 19.0. The predicted octanol–water partition coefficient (Wildman–Crippen LogP) is 4.40. The number of amides is 1. The molecule has 6 heteroatoms. The first kappa shape index (κ1) is 16.9. The van der Waals surface area contributed by atoms with Gasteiger partial charge in [0.1, 0.15) is 11.5 Å². The molecule has 2 aromatic carbocycles. The minimum atomic E-state index is -0.421. The van der Waals surface area contributed by atoms with Crippen LogP contribution in [0.5, 0.6) is 0 Å². The van der Waals surface area contributed by atoms with E-state index in [0.717, 1.165) is 5.56 Å². The molecule has 0 radical (unpaired) electrons. The van der Waals surface area contributed by atoms with E-state index in [1.165, 1.54) is 11.0 Å². The number of hydrogen-bond donors (Lipinski definition) is 0. The fourth-order valence-electron chi connectivity index (χ4n) is 2.96. The third kappa shape index (κ3) is 2.95. The summed E-state index contributed by atoms with van der Waals surface area (Å²) in [6.07, 6.45) is 0. The van der Waals surface area contributed by atoms with Gasteiger partial charge in [0.05, 0.1) is 16.6 Å². The van der Waals surface area contributed by atoms with Crippen LogP contribution in [0.15, 0.2) is 65.2 Å². The van der Waals surface area contributed by atoms with Crippen LogP contribution >= 0.6 is 0 Å². The summed E-state index contributed by atoms with van der Waals surface area (Å²) in [4.78, 5) is 18.7. The number of hydrogen-bond acceptors (Lipinski definition) is 4. The molecule has 0 aliphatic heterocycles. The van der Waals surface area contributed by atoms with Crippen molar-refractivity contribution in [2.24, 2.45) is 0 Å². The van der Waals surface area contributed by atoms with Crippen LogP contribution in [0, 0.1) is 5.82 Å². The zero-order valence-corrected chi connectivity index (χ0v) is 14.8. The second-order valence-electron chi connectivity index (χ2n) is 6.31. The highest BCUT2D eigenvalue weighted by Crippen LogP contribution is 2.33. The van der Waals surface area contributed by atoms with Crippen LogP contribution in [-0.4, -0.2) is 35.0 Å². The van der Waals surface area contributed by atoms with Crippen LogP contribution < -0.4 is 0 Å². The molecule has 27 heavy (non-hydrogen) atoms. The number of pyridine rings is 1. The lowest BCUT2D eigenvalue weighted by Gasteiger charge is -2.12. The molecular formula is C21H16FN3O2. The largest absolute Gasteiger partial charge is 0.345 e. The molecule has 0 N–H and O–H groups in total. The van der Waals surface area contributed by atoms with E-state index in [4.69, 9.17) is 4.52 Å². The molecule has 0 spiro atoms. The van der Waals surface area contributed by atoms with Crippen molar-refractivity contribution in [2.75, 3.05) is 14.1 Å². The van der Waals surface area contributed by atoms with Crippen molar-refractivity contribution in [2.45, 2.75) is 0 Å².